The number of benzene rings is 5. The molecule has 0 bridgehead atoms. The van der Waals surface area contributed by atoms with Gasteiger partial charge in [0.1, 0.15) is 11.4 Å². The van der Waals surface area contributed by atoms with Crippen molar-refractivity contribution in [3.8, 4) is 0 Å². The van der Waals surface area contributed by atoms with Gasteiger partial charge < -0.3 is 51.7 Å². The second-order valence-corrected chi connectivity index (χ2v) is 19.8. The third-order valence-corrected chi connectivity index (χ3v) is 13.7. The second kappa shape index (κ2) is 26.0. The first-order valence-corrected chi connectivity index (χ1v) is 25.9. The number of hydrogen-bond donors (Lipinski definition) is 7. The number of carbonyl (C=O) groups excluding carboxylic acids is 9. The number of anilines is 4. The number of nitro benzene ring substituents is 1. The molecule has 26 heteroatoms. The first kappa shape index (κ1) is 61.1. The van der Waals surface area contributed by atoms with Gasteiger partial charge in [-0.2, -0.15) is 0 Å². The smallest absolute Gasteiger partial charge is 0.272 e. The van der Waals surface area contributed by atoms with Crippen LogP contribution in [0.15, 0.2) is 103 Å². The molecule has 7 aromatic rings. The lowest BCUT2D eigenvalue weighted by Crippen LogP contribution is -2.44. The van der Waals surface area contributed by atoms with Crippen LogP contribution in [0, 0.1) is 10.1 Å². The predicted molar refractivity (Wildman–Crippen MR) is 316 cm³/mol. The Labute approximate surface area is 487 Å². The van der Waals surface area contributed by atoms with E-state index in [1.807, 2.05) is 19.0 Å². The Balaban J connectivity index is 0.00000495. The van der Waals surface area contributed by atoms with Gasteiger partial charge in [0.05, 0.1) is 33.1 Å². The zero-order valence-electron chi connectivity index (χ0n) is 45.5. The number of nitro groups is 1. The van der Waals surface area contributed by atoms with Gasteiger partial charge in [-0.25, -0.2) is 4.90 Å². The topological polar surface area (TPSA) is 315 Å². The maximum Gasteiger partial charge on any atom is 0.272 e. The highest BCUT2D eigenvalue weighted by Crippen LogP contribution is 2.36. The van der Waals surface area contributed by atoms with Crippen molar-refractivity contribution in [1.82, 2.24) is 40.2 Å². The largest absolute Gasteiger partial charge is 0.399 e. The number of nitrogen functional groups attached to an aromatic ring is 1. The minimum atomic E-state index is -0.733. The van der Waals surface area contributed by atoms with Gasteiger partial charge in [-0.1, -0.05) is 24.3 Å². The van der Waals surface area contributed by atoms with Crippen LogP contribution in [0.2, 0.25) is 0 Å². The van der Waals surface area contributed by atoms with Gasteiger partial charge in [0.15, 0.2) is 0 Å². The van der Waals surface area contributed by atoms with Crippen LogP contribution in [0.1, 0.15) is 102 Å². The van der Waals surface area contributed by atoms with Crippen LogP contribution >= 0.6 is 24.8 Å². The van der Waals surface area contributed by atoms with E-state index in [1.165, 1.54) is 41.0 Å². The predicted octanol–water partition coefficient (Wildman–Crippen LogP) is 5.50. The van der Waals surface area contributed by atoms with E-state index >= 15 is 0 Å². The minimum absolute atomic E-state index is 0. The Kier molecular flexibility index (Phi) is 19.1. The van der Waals surface area contributed by atoms with Crippen LogP contribution in [0.5, 0.6) is 0 Å². The molecule has 4 heterocycles. The number of imide groups is 2. The van der Waals surface area contributed by atoms with Gasteiger partial charge >= 0.3 is 0 Å². The molecule has 83 heavy (non-hydrogen) atoms. The molecule has 2 aliphatic rings. The van der Waals surface area contributed by atoms with Crippen molar-refractivity contribution in [3.63, 3.8) is 0 Å². The molecule has 0 saturated heterocycles. The summed E-state index contributed by atoms with van der Waals surface area (Å²) in [5.41, 5.74) is 7.87. The van der Waals surface area contributed by atoms with E-state index in [1.54, 1.807) is 79.6 Å². The van der Waals surface area contributed by atoms with Crippen LogP contribution in [-0.4, -0.2) is 137 Å². The molecular formula is C57H59Cl2N13O11. The van der Waals surface area contributed by atoms with Crippen molar-refractivity contribution in [1.29, 1.82) is 0 Å². The van der Waals surface area contributed by atoms with Crippen molar-refractivity contribution in [2.45, 2.75) is 19.3 Å². The average Bonchev–Trinajstić information content (AvgIpc) is 4.13. The number of nitrogens with two attached hydrogens (primary N) is 1. The van der Waals surface area contributed by atoms with Gasteiger partial charge in [0.2, 0.25) is 5.91 Å². The van der Waals surface area contributed by atoms with Crippen molar-refractivity contribution in [2.75, 3.05) is 81.2 Å². The number of nitrogens with zero attached hydrogens (tertiary/aromatic N) is 6. The molecule has 0 saturated carbocycles. The monoisotopic (exact) mass is 1170 g/mol. The Bertz CT molecular complexity index is 3800. The maximum absolute atomic E-state index is 14.2. The average molecular weight is 1170 g/mol. The van der Waals surface area contributed by atoms with Gasteiger partial charge in [-0.15, -0.1) is 24.8 Å². The van der Waals surface area contributed by atoms with Crippen molar-refractivity contribution in [2.24, 2.45) is 14.1 Å². The highest BCUT2D eigenvalue weighted by molar-refractivity contribution is 6.36. The number of non-ortho nitro benzene ring substituents is 1. The minimum Gasteiger partial charge on any atom is -0.399 e. The number of rotatable bonds is 22. The van der Waals surface area contributed by atoms with E-state index in [4.69, 9.17) is 5.73 Å². The van der Waals surface area contributed by atoms with Crippen molar-refractivity contribution < 1.29 is 48.1 Å². The molecule has 0 atom stereocenters. The maximum atomic E-state index is 14.2. The summed E-state index contributed by atoms with van der Waals surface area (Å²) >= 11 is 0. The summed E-state index contributed by atoms with van der Waals surface area (Å²) in [6.45, 7) is 1.45. The molecule has 0 aliphatic carbocycles. The molecule has 0 unspecified atom stereocenters. The quantitative estimate of drug-likeness (QED) is 0.0145. The van der Waals surface area contributed by atoms with Crippen molar-refractivity contribution >= 4 is 128 Å². The molecule has 0 spiro atoms. The SMILES string of the molecule is CN(C)CCCNC(=O)c1cc(NC(=O)c2cc(NC(=O)CCCNC(=O)c3cc(C(=O)NCCNCCN4C(=O)c5cccc6cc([N+](=O)[O-])cc(c56)C4=O)cc(N4C(=O)c5cccc6cc(N)cc(c56)C4=O)c3)cn2C)cn1C.Cl.Cl. The lowest BCUT2D eigenvalue weighted by Gasteiger charge is -2.28. The zero-order valence-corrected chi connectivity index (χ0v) is 47.1. The number of nitrogens with one attached hydrogen (secondary N) is 6. The molecule has 5 aromatic carbocycles. The molecule has 9 rings (SSSR count). The Morgan fingerprint density at radius 2 is 1.13 bits per heavy atom. The third-order valence-electron chi connectivity index (χ3n) is 13.7. The number of aryl methyl sites for hydroxylation is 2. The van der Waals surface area contributed by atoms with Crippen LogP contribution < -0.4 is 42.5 Å². The first-order chi connectivity index (χ1) is 38.8. The molecule has 8 N–H and O–H groups in total. The summed E-state index contributed by atoms with van der Waals surface area (Å²) in [5, 5.41) is 30.3. The normalized spacial score (nSPS) is 12.5. The highest BCUT2D eigenvalue weighted by Gasteiger charge is 2.36. The Morgan fingerprint density at radius 1 is 0.590 bits per heavy atom. The number of halogens is 2. The van der Waals surface area contributed by atoms with Crippen molar-refractivity contribution in [3.05, 3.63) is 158 Å². The zero-order chi connectivity index (χ0) is 57.8. The first-order valence-electron chi connectivity index (χ1n) is 25.9. The molecule has 24 nitrogen and oxygen atoms in total. The van der Waals surface area contributed by atoms with Gasteiger partial charge in [-0.05, 0) is 98.9 Å². The highest BCUT2D eigenvalue weighted by atomic mass is 35.5. The van der Waals surface area contributed by atoms with E-state index in [0.29, 0.717) is 45.2 Å². The number of hydrogen-bond acceptors (Lipinski definition) is 14. The Morgan fingerprint density at radius 3 is 1.77 bits per heavy atom. The Hall–Kier alpha value is -9.49. The molecule has 2 aliphatic heterocycles. The standard InChI is InChI=1S/C57H57N13O11.2ClH/c1-65(2)19-8-15-61-52(74)45-28-38(31-66(45)3)64-53(75)46-27-37(30-67(46)4)63-47(71)13-7-14-60-50(72)34-21-35(25-39(24-34)69-56(78)42-12-5-9-32-22-36(58)26-43(48(32)42)57(69)79)51(73)62-17-16-59-18-20-68-54(76)41-11-6-10-33-23-40(70(80)81)29-44(49(33)41)55(68)77;;/h5-6,9-12,21-31,59H,7-8,13-20,58H2,1-4H3,(H,60,72)(H,61,74)(H,62,73)(H,63,71)(H,64,75);2*1H. The molecule has 2 aromatic heterocycles. The number of amides is 9. The number of aromatic nitrogens is 2. The summed E-state index contributed by atoms with van der Waals surface area (Å²) in [6.07, 6.45) is 4.08. The summed E-state index contributed by atoms with van der Waals surface area (Å²) in [4.78, 5) is 137. The summed E-state index contributed by atoms with van der Waals surface area (Å²) in [5.74, 6) is -5.20. The second-order valence-electron chi connectivity index (χ2n) is 19.8. The number of carbonyl (C=O) groups is 9. The van der Waals surface area contributed by atoms with E-state index in [0.717, 1.165) is 28.8 Å². The molecule has 9 amide bonds. The van der Waals surface area contributed by atoms with Gasteiger partial charge in [-0.3, -0.25) is 58.2 Å². The summed E-state index contributed by atoms with van der Waals surface area (Å²) in [7, 11) is 7.24. The lowest BCUT2D eigenvalue weighted by atomic mass is 9.92. The van der Waals surface area contributed by atoms with Gasteiger partial charge in [0, 0.05) is 123 Å². The third kappa shape index (κ3) is 13.2. The molecule has 0 fully saturated rings. The lowest BCUT2D eigenvalue weighted by molar-refractivity contribution is -0.384. The molecule has 432 valence electrons. The fourth-order valence-corrected chi connectivity index (χ4v) is 9.88. The van der Waals surface area contributed by atoms with Crippen LogP contribution in [-0.2, 0) is 18.9 Å². The van der Waals surface area contributed by atoms with Crippen LogP contribution in [0.25, 0.3) is 21.5 Å². The van der Waals surface area contributed by atoms with E-state index in [9.17, 15) is 53.3 Å². The molecular weight excluding hydrogens is 1110 g/mol. The fraction of sp³-hybridized carbons (Fsp3) is 0.246. The summed E-state index contributed by atoms with van der Waals surface area (Å²) < 4.78 is 3.15. The van der Waals surface area contributed by atoms with Crippen LogP contribution in [0.3, 0.4) is 0 Å². The van der Waals surface area contributed by atoms with Gasteiger partial charge in [0.25, 0.3) is 52.9 Å². The fourth-order valence-electron chi connectivity index (χ4n) is 9.88. The summed E-state index contributed by atoms with van der Waals surface area (Å²) in [6, 6.07) is 22.2. The van der Waals surface area contributed by atoms with E-state index < -0.39 is 52.2 Å². The molecule has 0 radical (unpaired) electrons. The van der Waals surface area contributed by atoms with E-state index in [2.05, 4.69) is 31.9 Å². The van der Waals surface area contributed by atoms with E-state index in [-0.39, 0.29) is 132 Å². The van der Waals surface area contributed by atoms with Crippen LogP contribution in [0.4, 0.5) is 28.4 Å².